The molecule has 1 unspecified atom stereocenters. The predicted molar refractivity (Wildman–Crippen MR) is 135 cm³/mol. The van der Waals surface area contributed by atoms with Crippen molar-refractivity contribution in [3.05, 3.63) is 63.7 Å². The Kier molecular flexibility index (Phi) is 6.15. The van der Waals surface area contributed by atoms with Crippen molar-refractivity contribution in [2.45, 2.75) is 26.8 Å². The van der Waals surface area contributed by atoms with Crippen LogP contribution in [0.15, 0.2) is 41.6 Å². The third-order valence-electron chi connectivity index (χ3n) is 5.36. The number of hydrogen-bond acceptors (Lipinski definition) is 6. The van der Waals surface area contributed by atoms with E-state index < -0.39 is 17.4 Å². The van der Waals surface area contributed by atoms with E-state index in [1.807, 2.05) is 0 Å². The van der Waals surface area contributed by atoms with Crippen molar-refractivity contribution in [1.82, 2.24) is 19.5 Å². The zero-order valence-corrected chi connectivity index (χ0v) is 20.0. The molecule has 9 heteroatoms. The van der Waals surface area contributed by atoms with Gasteiger partial charge in [-0.25, -0.2) is 19.3 Å². The summed E-state index contributed by atoms with van der Waals surface area (Å²) < 4.78 is 15.8. The maximum atomic E-state index is 14.5. The number of anilines is 2. The van der Waals surface area contributed by atoms with Gasteiger partial charge >= 0.3 is 0 Å². The molecule has 174 valence electrons. The second-order valence-electron chi connectivity index (χ2n) is 9.23. The minimum Gasteiger partial charge on any atom is -0.369 e. The fraction of sp³-hybridized carbons (Fsp3) is 0.280. The highest BCUT2D eigenvalue weighted by Crippen LogP contribution is 2.31. The lowest BCUT2D eigenvalue weighted by molar-refractivity contribution is 0.442. The highest BCUT2D eigenvalue weighted by molar-refractivity contribution is 6.34. The van der Waals surface area contributed by atoms with Gasteiger partial charge in [-0.2, -0.15) is 0 Å². The maximum absolute atomic E-state index is 14.5. The molecule has 0 amide bonds. The summed E-state index contributed by atoms with van der Waals surface area (Å²) in [5.74, 6) is 3.09. The molecule has 2 N–H and O–H groups in total. The van der Waals surface area contributed by atoms with Crippen LogP contribution in [-0.4, -0.2) is 26.1 Å². The van der Waals surface area contributed by atoms with Crippen molar-refractivity contribution < 1.29 is 4.39 Å². The molecule has 0 saturated carbocycles. The van der Waals surface area contributed by atoms with Gasteiger partial charge in [0.2, 0.25) is 0 Å². The van der Waals surface area contributed by atoms with Gasteiger partial charge in [0.05, 0.1) is 5.39 Å². The summed E-state index contributed by atoms with van der Waals surface area (Å²) in [6.45, 7) is 7.03. The number of halogens is 2. The Balaban J connectivity index is 1.77. The number of pyridine rings is 2. The molecule has 4 rings (SSSR count). The molecular formula is C25H24ClFN6O. The smallest absolute Gasteiger partial charge is 0.261 e. The molecule has 0 aliphatic rings. The van der Waals surface area contributed by atoms with Gasteiger partial charge in [0.15, 0.2) is 5.15 Å². The number of aryl methyl sites for hydroxylation is 1. The molecule has 0 fully saturated rings. The Labute approximate surface area is 201 Å². The van der Waals surface area contributed by atoms with E-state index in [9.17, 15) is 9.18 Å². The number of benzene rings is 1. The molecule has 1 atom stereocenters. The molecule has 3 aromatic heterocycles. The molecule has 34 heavy (non-hydrogen) atoms. The number of nitrogens with one attached hydrogen (secondary N) is 2. The SMILES string of the molecule is C#CC(Nc1cc2c(NCC(C)(C)C)ncnc2c(Cl)n1)c1ccc(F)c2c(=O)n(C)ccc12. The number of hydrogen-bond donors (Lipinski definition) is 2. The third kappa shape index (κ3) is 4.52. The number of fused-ring (bicyclic) bond motifs is 2. The average Bonchev–Trinajstić information content (AvgIpc) is 2.78. The highest BCUT2D eigenvalue weighted by atomic mass is 35.5. The van der Waals surface area contributed by atoms with Gasteiger partial charge in [-0.3, -0.25) is 4.79 Å². The van der Waals surface area contributed by atoms with Crippen molar-refractivity contribution in [3.63, 3.8) is 0 Å². The van der Waals surface area contributed by atoms with Gasteiger partial charge in [0.25, 0.3) is 5.56 Å². The molecule has 0 saturated heterocycles. The summed E-state index contributed by atoms with van der Waals surface area (Å²) in [6.07, 6.45) is 8.85. The van der Waals surface area contributed by atoms with Gasteiger partial charge < -0.3 is 15.2 Å². The molecule has 4 aromatic rings. The van der Waals surface area contributed by atoms with Crippen LogP contribution in [0.5, 0.6) is 0 Å². The summed E-state index contributed by atoms with van der Waals surface area (Å²) in [5.41, 5.74) is 0.674. The summed E-state index contributed by atoms with van der Waals surface area (Å²) in [7, 11) is 1.57. The van der Waals surface area contributed by atoms with E-state index in [1.54, 1.807) is 31.4 Å². The molecule has 3 heterocycles. The Morgan fingerprint density at radius 1 is 1.24 bits per heavy atom. The average molecular weight is 479 g/mol. The van der Waals surface area contributed by atoms with Crippen molar-refractivity contribution in [1.29, 1.82) is 0 Å². The van der Waals surface area contributed by atoms with Crippen LogP contribution in [0.4, 0.5) is 16.0 Å². The van der Waals surface area contributed by atoms with Crippen LogP contribution in [0.1, 0.15) is 32.4 Å². The third-order valence-corrected chi connectivity index (χ3v) is 5.63. The van der Waals surface area contributed by atoms with Gasteiger partial charge in [0.1, 0.15) is 35.3 Å². The molecule has 0 aliphatic heterocycles. The standard InChI is InChI=1S/C25H24ClFN6O/c1-6-18(14-7-8-17(27)20-15(14)9-10-33(5)24(20)34)31-19-11-16-21(22(26)32-19)29-13-30-23(16)28-12-25(2,3)4/h1,7-11,13,18H,12H2,2-5H3,(H,31,32)(H,28,29,30). The van der Waals surface area contributed by atoms with E-state index in [4.69, 9.17) is 18.0 Å². The van der Waals surface area contributed by atoms with Gasteiger partial charge in [0, 0.05) is 25.2 Å². The van der Waals surface area contributed by atoms with E-state index >= 15 is 0 Å². The van der Waals surface area contributed by atoms with Crippen LogP contribution in [0.25, 0.3) is 21.7 Å². The van der Waals surface area contributed by atoms with Crippen molar-refractivity contribution in [2.24, 2.45) is 12.5 Å². The molecule has 0 bridgehead atoms. The van der Waals surface area contributed by atoms with E-state index in [0.717, 1.165) is 0 Å². The molecule has 0 aliphatic carbocycles. The zero-order valence-electron chi connectivity index (χ0n) is 19.3. The van der Waals surface area contributed by atoms with Gasteiger partial charge in [-0.1, -0.05) is 44.4 Å². The van der Waals surface area contributed by atoms with Crippen LogP contribution >= 0.6 is 11.6 Å². The van der Waals surface area contributed by atoms with Crippen LogP contribution in [0.2, 0.25) is 5.15 Å². The van der Waals surface area contributed by atoms with Gasteiger partial charge in [-0.15, -0.1) is 6.42 Å². The van der Waals surface area contributed by atoms with E-state index in [1.165, 1.54) is 17.0 Å². The largest absolute Gasteiger partial charge is 0.369 e. The first-order valence-corrected chi connectivity index (χ1v) is 11.0. The fourth-order valence-electron chi connectivity index (χ4n) is 3.63. The Morgan fingerprint density at radius 3 is 2.71 bits per heavy atom. The van der Waals surface area contributed by atoms with Gasteiger partial charge in [-0.05, 0) is 34.6 Å². The highest BCUT2D eigenvalue weighted by Gasteiger charge is 2.19. The van der Waals surface area contributed by atoms with Crippen molar-refractivity contribution >= 4 is 44.9 Å². The molecule has 7 nitrogen and oxygen atoms in total. The number of rotatable bonds is 5. The first kappa shape index (κ1) is 23.5. The van der Waals surface area contributed by atoms with Crippen LogP contribution in [0.3, 0.4) is 0 Å². The van der Waals surface area contributed by atoms with E-state index in [2.05, 4.69) is 52.3 Å². The summed E-state index contributed by atoms with van der Waals surface area (Å²) >= 11 is 6.44. The zero-order chi connectivity index (χ0) is 24.6. The van der Waals surface area contributed by atoms with Crippen LogP contribution in [-0.2, 0) is 7.05 Å². The second kappa shape index (κ2) is 8.92. The lowest BCUT2D eigenvalue weighted by atomic mass is 9.97. The lowest BCUT2D eigenvalue weighted by Crippen LogP contribution is -2.20. The normalized spacial score (nSPS) is 12.5. The quantitative estimate of drug-likeness (QED) is 0.313. The van der Waals surface area contributed by atoms with E-state index in [0.29, 0.717) is 40.0 Å². The lowest BCUT2D eigenvalue weighted by Gasteiger charge is -2.20. The number of nitrogens with zero attached hydrogens (tertiary/aromatic N) is 4. The summed E-state index contributed by atoms with van der Waals surface area (Å²) in [6, 6.07) is 5.54. The maximum Gasteiger partial charge on any atom is 0.261 e. The van der Waals surface area contributed by atoms with Crippen molar-refractivity contribution in [2.75, 3.05) is 17.2 Å². The Hall–Kier alpha value is -3.70. The number of aromatic nitrogens is 4. The number of terminal acetylenes is 1. The molecular weight excluding hydrogens is 455 g/mol. The molecule has 0 radical (unpaired) electrons. The predicted octanol–water partition coefficient (Wildman–Crippen LogP) is 4.91. The first-order chi connectivity index (χ1) is 16.1. The Bertz CT molecular complexity index is 1500. The first-order valence-electron chi connectivity index (χ1n) is 10.6. The Morgan fingerprint density at radius 2 is 2.00 bits per heavy atom. The topological polar surface area (TPSA) is 84.7 Å². The summed E-state index contributed by atoms with van der Waals surface area (Å²) in [5, 5.41) is 7.80. The molecule has 1 aromatic carbocycles. The van der Waals surface area contributed by atoms with Crippen molar-refractivity contribution in [3.8, 4) is 12.3 Å². The minimum atomic E-state index is -0.702. The fourth-order valence-corrected chi connectivity index (χ4v) is 3.87. The minimum absolute atomic E-state index is 0.0175. The van der Waals surface area contributed by atoms with E-state index in [-0.39, 0.29) is 16.0 Å². The molecule has 0 spiro atoms. The van der Waals surface area contributed by atoms with Crippen LogP contribution in [0, 0.1) is 23.6 Å². The second-order valence-corrected chi connectivity index (χ2v) is 9.59. The van der Waals surface area contributed by atoms with Crippen LogP contribution < -0.4 is 16.2 Å². The monoisotopic (exact) mass is 478 g/mol. The summed E-state index contributed by atoms with van der Waals surface area (Å²) in [4.78, 5) is 25.5.